The van der Waals surface area contributed by atoms with Gasteiger partial charge in [0.05, 0.1) is 0 Å². The summed E-state index contributed by atoms with van der Waals surface area (Å²) in [7, 11) is 0. The molecule has 22 heavy (non-hydrogen) atoms. The standard InChI is InChI=1S/C16H19BrN4O/c1-4-11(3)18-15-8-7-14(20-21-15)16(22)19-12-5-6-13(17)10(2)9-12/h5-9,11H,4H2,1-3H3,(H,18,21)(H,19,22). The summed E-state index contributed by atoms with van der Waals surface area (Å²) in [6, 6.07) is 9.38. The Hall–Kier alpha value is -1.95. The Morgan fingerprint density at radius 1 is 1.27 bits per heavy atom. The molecule has 0 radical (unpaired) electrons. The summed E-state index contributed by atoms with van der Waals surface area (Å²) in [4.78, 5) is 12.2. The number of carbonyl (C=O) groups is 1. The van der Waals surface area contributed by atoms with Crippen molar-refractivity contribution in [1.29, 1.82) is 0 Å². The molecule has 0 saturated carbocycles. The van der Waals surface area contributed by atoms with Crippen molar-refractivity contribution in [2.45, 2.75) is 33.2 Å². The molecule has 1 unspecified atom stereocenters. The zero-order valence-corrected chi connectivity index (χ0v) is 14.4. The molecule has 0 aliphatic rings. The number of hydrogen-bond acceptors (Lipinski definition) is 4. The number of anilines is 2. The molecule has 0 aliphatic heterocycles. The highest BCUT2D eigenvalue weighted by Gasteiger charge is 2.10. The zero-order valence-electron chi connectivity index (χ0n) is 12.9. The molecule has 1 amide bonds. The van der Waals surface area contributed by atoms with Crippen molar-refractivity contribution in [2.24, 2.45) is 0 Å². The fourth-order valence-corrected chi connectivity index (χ4v) is 2.05. The van der Waals surface area contributed by atoms with E-state index in [-0.39, 0.29) is 11.6 Å². The smallest absolute Gasteiger partial charge is 0.276 e. The van der Waals surface area contributed by atoms with Crippen LogP contribution in [0.5, 0.6) is 0 Å². The summed E-state index contributed by atoms with van der Waals surface area (Å²) in [5.74, 6) is 0.398. The Balaban J connectivity index is 2.04. The van der Waals surface area contributed by atoms with Crippen LogP contribution >= 0.6 is 15.9 Å². The van der Waals surface area contributed by atoms with E-state index in [9.17, 15) is 4.79 Å². The van der Waals surface area contributed by atoms with E-state index in [4.69, 9.17) is 0 Å². The number of nitrogens with zero attached hydrogens (tertiary/aromatic N) is 2. The second kappa shape index (κ2) is 7.35. The average molecular weight is 363 g/mol. The van der Waals surface area contributed by atoms with Gasteiger partial charge in [-0.1, -0.05) is 22.9 Å². The van der Waals surface area contributed by atoms with Crippen LogP contribution in [0.4, 0.5) is 11.5 Å². The molecule has 1 aromatic carbocycles. The minimum atomic E-state index is -0.274. The topological polar surface area (TPSA) is 66.9 Å². The summed E-state index contributed by atoms with van der Waals surface area (Å²) in [6.45, 7) is 6.13. The third kappa shape index (κ3) is 4.27. The minimum absolute atomic E-state index is 0.274. The lowest BCUT2D eigenvalue weighted by atomic mass is 10.2. The first-order chi connectivity index (χ1) is 10.5. The number of rotatable bonds is 5. The minimum Gasteiger partial charge on any atom is -0.366 e. The molecule has 1 aromatic heterocycles. The molecule has 2 aromatic rings. The van der Waals surface area contributed by atoms with E-state index >= 15 is 0 Å². The predicted octanol–water partition coefficient (Wildman–Crippen LogP) is 4.01. The zero-order chi connectivity index (χ0) is 16.1. The van der Waals surface area contributed by atoms with Gasteiger partial charge in [-0.05, 0) is 56.2 Å². The van der Waals surface area contributed by atoms with Crippen LogP contribution in [0, 0.1) is 6.92 Å². The van der Waals surface area contributed by atoms with Gasteiger partial charge < -0.3 is 10.6 Å². The van der Waals surface area contributed by atoms with Crippen molar-refractivity contribution < 1.29 is 4.79 Å². The number of benzene rings is 1. The molecule has 2 N–H and O–H groups in total. The van der Waals surface area contributed by atoms with Crippen LogP contribution in [0.3, 0.4) is 0 Å². The van der Waals surface area contributed by atoms with E-state index in [0.717, 1.165) is 22.1 Å². The normalized spacial score (nSPS) is 11.8. The van der Waals surface area contributed by atoms with Crippen molar-refractivity contribution in [3.63, 3.8) is 0 Å². The van der Waals surface area contributed by atoms with Gasteiger partial charge in [0.25, 0.3) is 5.91 Å². The number of halogens is 1. The maximum absolute atomic E-state index is 12.2. The SMILES string of the molecule is CCC(C)Nc1ccc(C(=O)Nc2ccc(Br)c(C)c2)nn1. The molecule has 0 aliphatic carbocycles. The van der Waals surface area contributed by atoms with Crippen molar-refractivity contribution in [1.82, 2.24) is 10.2 Å². The Kier molecular flexibility index (Phi) is 5.49. The predicted molar refractivity (Wildman–Crippen MR) is 92.2 cm³/mol. The van der Waals surface area contributed by atoms with Crippen LogP contribution in [0.1, 0.15) is 36.3 Å². The fourth-order valence-electron chi connectivity index (χ4n) is 1.80. The lowest BCUT2D eigenvalue weighted by Gasteiger charge is -2.11. The van der Waals surface area contributed by atoms with Crippen LogP contribution in [-0.4, -0.2) is 22.1 Å². The summed E-state index contributed by atoms with van der Waals surface area (Å²) >= 11 is 3.43. The number of nitrogens with one attached hydrogen (secondary N) is 2. The highest BCUT2D eigenvalue weighted by atomic mass is 79.9. The summed E-state index contributed by atoms with van der Waals surface area (Å²) < 4.78 is 1.01. The molecule has 0 bridgehead atoms. The number of carbonyl (C=O) groups excluding carboxylic acids is 1. The van der Waals surface area contributed by atoms with Gasteiger partial charge in [0.1, 0.15) is 5.82 Å². The quantitative estimate of drug-likeness (QED) is 0.842. The van der Waals surface area contributed by atoms with Gasteiger partial charge in [0.2, 0.25) is 0 Å². The van der Waals surface area contributed by atoms with Gasteiger partial charge in [-0.2, -0.15) is 0 Å². The molecule has 1 heterocycles. The Bertz CT molecular complexity index is 658. The first kappa shape index (κ1) is 16.4. The van der Waals surface area contributed by atoms with E-state index < -0.39 is 0 Å². The van der Waals surface area contributed by atoms with Gasteiger partial charge in [0, 0.05) is 16.2 Å². The molecule has 116 valence electrons. The average Bonchev–Trinajstić information content (AvgIpc) is 2.51. The monoisotopic (exact) mass is 362 g/mol. The first-order valence-corrected chi connectivity index (χ1v) is 7.96. The third-order valence-electron chi connectivity index (χ3n) is 3.32. The highest BCUT2D eigenvalue weighted by Crippen LogP contribution is 2.20. The highest BCUT2D eigenvalue weighted by molar-refractivity contribution is 9.10. The van der Waals surface area contributed by atoms with Gasteiger partial charge in [-0.3, -0.25) is 4.79 Å². The van der Waals surface area contributed by atoms with Crippen molar-refractivity contribution in [3.8, 4) is 0 Å². The van der Waals surface area contributed by atoms with Crippen LogP contribution in [0.2, 0.25) is 0 Å². The van der Waals surface area contributed by atoms with Gasteiger partial charge >= 0.3 is 0 Å². The molecule has 0 spiro atoms. The number of aromatic nitrogens is 2. The maximum atomic E-state index is 12.2. The fraction of sp³-hybridized carbons (Fsp3) is 0.312. The van der Waals surface area contributed by atoms with Crippen LogP contribution < -0.4 is 10.6 Å². The van der Waals surface area contributed by atoms with E-state index in [0.29, 0.717) is 11.9 Å². The Morgan fingerprint density at radius 3 is 2.64 bits per heavy atom. The van der Waals surface area contributed by atoms with Gasteiger partial charge in [0.15, 0.2) is 5.69 Å². The molecule has 0 fully saturated rings. The lowest BCUT2D eigenvalue weighted by molar-refractivity contribution is 0.102. The Morgan fingerprint density at radius 2 is 2.05 bits per heavy atom. The summed E-state index contributed by atoms with van der Waals surface area (Å²) in [5, 5.41) is 14.0. The molecular formula is C16H19BrN4O. The largest absolute Gasteiger partial charge is 0.366 e. The lowest BCUT2D eigenvalue weighted by Crippen LogP contribution is -2.17. The van der Waals surface area contributed by atoms with E-state index in [2.05, 4.69) is 50.6 Å². The maximum Gasteiger partial charge on any atom is 0.276 e. The van der Waals surface area contributed by atoms with E-state index in [1.165, 1.54) is 0 Å². The molecule has 5 nitrogen and oxygen atoms in total. The van der Waals surface area contributed by atoms with E-state index in [1.54, 1.807) is 12.1 Å². The number of hydrogen-bond donors (Lipinski definition) is 2. The number of amides is 1. The summed E-state index contributed by atoms with van der Waals surface area (Å²) in [5.41, 5.74) is 2.07. The first-order valence-electron chi connectivity index (χ1n) is 7.17. The third-order valence-corrected chi connectivity index (χ3v) is 4.21. The summed E-state index contributed by atoms with van der Waals surface area (Å²) in [6.07, 6.45) is 0.993. The van der Waals surface area contributed by atoms with Gasteiger partial charge in [-0.15, -0.1) is 10.2 Å². The van der Waals surface area contributed by atoms with Crippen LogP contribution in [0.15, 0.2) is 34.8 Å². The molecule has 1 atom stereocenters. The second-order valence-corrected chi connectivity index (χ2v) is 6.03. The van der Waals surface area contributed by atoms with E-state index in [1.807, 2.05) is 25.1 Å². The van der Waals surface area contributed by atoms with Gasteiger partial charge in [-0.25, -0.2) is 0 Å². The molecule has 2 rings (SSSR count). The molecule has 0 saturated heterocycles. The van der Waals surface area contributed by atoms with Crippen molar-refractivity contribution in [3.05, 3.63) is 46.1 Å². The molecular weight excluding hydrogens is 344 g/mol. The number of aryl methyl sites for hydroxylation is 1. The molecule has 6 heteroatoms. The van der Waals surface area contributed by atoms with Crippen molar-refractivity contribution in [2.75, 3.05) is 10.6 Å². The van der Waals surface area contributed by atoms with Crippen LogP contribution in [0.25, 0.3) is 0 Å². The second-order valence-electron chi connectivity index (χ2n) is 5.18. The Labute approximate surface area is 138 Å². The van der Waals surface area contributed by atoms with Crippen molar-refractivity contribution >= 4 is 33.3 Å². The van der Waals surface area contributed by atoms with Crippen LogP contribution in [-0.2, 0) is 0 Å².